The van der Waals surface area contributed by atoms with E-state index in [9.17, 15) is 17.6 Å². The number of benzene rings is 4. The highest BCUT2D eigenvalue weighted by atomic mass is 35.5. The molecule has 1 amide bonds. The molecule has 0 aliphatic carbocycles. The highest BCUT2D eigenvalue weighted by molar-refractivity contribution is 7.91. The Morgan fingerprint density at radius 3 is 2.39 bits per heavy atom. The third-order valence-corrected chi connectivity index (χ3v) is 7.44. The van der Waals surface area contributed by atoms with Crippen LogP contribution < -0.4 is 10.1 Å². The molecule has 8 heteroatoms. The van der Waals surface area contributed by atoms with Gasteiger partial charge in [-0.1, -0.05) is 48.9 Å². The largest absolute Gasteiger partial charge is 0.457 e. The number of halogens is 2. The standard InChI is InChI=1S/C28H23ClFNO4S/c1-2-36(33,34)25-12-9-19(10-13-25)15-28(32)31-23-11-14-26(20-5-3-6-21(29)16-20)27(18-23)35-24-8-4-7-22(30)17-24/h3-14,16-18H,2,15H2,1H3,(H,31,32). The van der Waals surface area contributed by atoms with Crippen LogP contribution in [0.3, 0.4) is 0 Å². The summed E-state index contributed by atoms with van der Waals surface area (Å²) < 4.78 is 43.7. The quantitative estimate of drug-likeness (QED) is 0.272. The van der Waals surface area contributed by atoms with Gasteiger partial charge in [-0.2, -0.15) is 0 Å². The Bertz CT molecular complexity index is 1500. The molecule has 5 nitrogen and oxygen atoms in total. The lowest BCUT2D eigenvalue weighted by atomic mass is 10.0. The van der Waals surface area contributed by atoms with Crippen LogP contribution in [0.5, 0.6) is 11.5 Å². The maximum Gasteiger partial charge on any atom is 0.228 e. The molecule has 184 valence electrons. The number of amides is 1. The van der Waals surface area contributed by atoms with Crippen LogP contribution in [0.4, 0.5) is 10.1 Å². The summed E-state index contributed by atoms with van der Waals surface area (Å²) >= 11 is 6.17. The summed E-state index contributed by atoms with van der Waals surface area (Å²) in [6.07, 6.45) is 0.0581. The first-order valence-electron chi connectivity index (χ1n) is 11.2. The van der Waals surface area contributed by atoms with Crippen molar-refractivity contribution in [1.82, 2.24) is 0 Å². The van der Waals surface area contributed by atoms with Crippen molar-refractivity contribution in [3.63, 3.8) is 0 Å². The first-order chi connectivity index (χ1) is 17.2. The maximum absolute atomic E-state index is 13.7. The summed E-state index contributed by atoms with van der Waals surface area (Å²) in [5.74, 6) is 0.0175. The van der Waals surface area contributed by atoms with Crippen LogP contribution in [-0.2, 0) is 21.1 Å². The van der Waals surface area contributed by atoms with Crippen molar-refractivity contribution in [2.75, 3.05) is 11.1 Å². The van der Waals surface area contributed by atoms with Crippen LogP contribution in [0.2, 0.25) is 5.02 Å². The molecular formula is C28H23ClFNO4S. The number of hydrogen-bond donors (Lipinski definition) is 1. The number of ether oxygens (including phenoxy) is 1. The molecule has 0 aromatic heterocycles. The molecule has 0 fully saturated rings. The normalized spacial score (nSPS) is 11.2. The van der Waals surface area contributed by atoms with Crippen LogP contribution >= 0.6 is 11.6 Å². The van der Waals surface area contributed by atoms with Gasteiger partial charge in [-0.25, -0.2) is 12.8 Å². The van der Waals surface area contributed by atoms with Gasteiger partial charge in [-0.15, -0.1) is 0 Å². The Morgan fingerprint density at radius 1 is 0.944 bits per heavy atom. The van der Waals surface area contributed by atoms with E-state index < -0.39 is 15.7 Å². The van der Waals surface area contributed by atoms with Gasteiger partial charge in [-0.05, 0) is 59.7 Å². The first-order valence-corrected chi connectivity index (χ1v) is 13.2. The predicted molar refractivity (Wildman–Crippen MR) is 140 cm³/mol. The van der Waals surface area contributed by atoms with E-state index in [0.717, 1.165) is 5.56 Å². The summed E-state index contributed by atoms with van der Waals surface area (Å²) in [7, 11) is -3.30. The molecule has 4 aromatic rings. The van der Waals surface area contributed by atoms with E-state index in [0.29, 0.717) is 33.3 Å². The number of hydrogen-bond acceptors (Lipinski definition) is 4. The van der Waals surface area contributed by atoms with E-state index in [1.807, 2.05) is 12.1 Å². The third-order valence-electron chi connectivity index (χ3n) is 5.45. The molecule has 0 bridgehead atoms. The van der Waals surface area contributed by atoms with Gasteiger partial charge in [0.15, 0.2) is 9.84 Å². The summed E-state index contributed by atoms with van der Waals surface area (Å²) in [6, 6.07) is 24.5. The van der Waals surface area contributed by atoms with Crippen LogP contribution in [-0.4, -0.2) is 20.1 Å². The summed E-state index contributed by atoms with van der Waals surface area (Å²) in [5, 5.41) is 3.39. The van der Waals surface area contributed by atoms with E-state index in [1.165, 1.54) is 24.3 Å². The molecule has 0 saturated heterocycles. The Morgan fingerprint density at radius 2 is 1.69 bits per heavy atom. The minimum Gasteiger partial charge on any atom is -0.457 e. The van der Waals surface area contributed by atoms with Crippen molar-refractivity contribution in [2.45, 2.75) is 18.2 Å². The molecular weight excluding hydrogens is 501 g/mol. The first kappa shape index (κ1) is 25.4. The zero-order valence-electron chi connectivity index (χ0n) is 19.4. The van der Waals surface area contributed by atoms with Gasteiger partial charge < -0.3 is 10.1 Å². The second kappa shape index (κ2) is 10.9. The van der Waals surface area contributed by atoms with E-state index >= 15 is 0 Å². The molecule has 4 aromatic carbocycles. The number of rotatable bonds is 8. The minimum absolute atomic E-state index is 0.0119. The lowest BCUT2D eigenvalue weighted by Crippen LogP contribution is -2.14. The average molecular weight is 524 g/mol. The Hall–Kier alpha value is -3.68. The lowest BCUT2D eigenvalue weighted by Gasteiger charge is -2.14. The second-order valence-electron chi connectivity index (χ2n) is 8.05. The fourth-order valence-electron chi connectivity index (χ4n) is 3.61. The minimum atomic E-state index is -3.30. The van der Waals surface area contributed by atoms with Crippen molar-refractivity contribution in [2.24, 2.45) is 0 Å². The van der Waals surface area contributed by atoms with Crippen molar-refractivity contribution in [1.29, 1.82) is 0 Å². The van der Waals surface area contributed by atoms with Gasteiger partial charge >= 0.3 is 0 Å². The van der Waals surface area contributed by atoms with Crippen molar-refractivity contribution in [3.8, 4) is 22.6 Å². The molecule has 0 saturated carbocycles. The second-order valence-corrected chi connectivity index (χ2v) is 10.8. The molecule has 0 unspecified atom stereocenters. The third kappa shape index (κ3) is 6.30. The number of anilines is 1. The van der Waals surface area contributed by atoms with Crippen LogP contribution in [0.25, 0.3) is 11.1 Å². The van der Waals surface area contributed by atoms with Gasteiger partial charge in [-0.3, -0.25) is 4.79 Å². The zero-order valence-corrected chi connectivity index (χ0v) is 20.9. The van der Waals surface area contributed by atoms with Gasteiger partial charge in [0.1, 0.15) is 17.3 Å². The van der Waals surface area contributed by atoms with E-state index in [2.05, 4.69) is 5.32 Å². The Balaban J connectivity index is 1.57. The maximum atomic E-state index is 13.7. The van der Waals surface area contributed by atoms with Gasteiger partial charge in [0, 0.05) is 28.4 Å². The molecule has 4 rings (SSSR count). The predicted octanol–water partition coefficient (Wildman–Crippen LogP) is 6.91. The summed E-state index contributed by atoms with van der Waals surface area (Å²) in [4.78, 5) is 12.9. The smallest absolute Gasteiger partial charge is 0.228 e. The van der Waals surface area contributed by atoms with Gasteiger partial charge in [0.05, 0.1) is 17.1 Å². The topological polar surface area (TPSA) is 72.5 Å². The Kier molecular flexibility index (Phi) is 7.72. The van der Waals surface area contributed by atoms with Crippen LogP contribution in [0.15, 0.2) is 95.9 Å². The Labute approximate surface area is 214 Å². The summed E-state index contributed by atoms with van der Waals surface area (Å²) in [6.45, 7) is 1.58. The molecule has 36 heavy (non-hydrogen) atoms. The van der Waals surface area contributed by atoms with E-state index in [4.69, 9.17) is 16.3 Å². The molecule has 0 aliphatic rings. The highest BCUT2D eigenvalue weighted by Crippen LogP contribution is 2.36. The molecule has 0 aliphatic heterocycles. The van der Waals surface area contributed by atoms with E-state index in [1.54, 1.807) is 61.5 Å². The number of carbonyl (C=O) groups is 1. The fourth-order valence-corrected chi connectivity index (χ4v) is 4.68. The highest BCUT2D eigenvalue weighted by Gasteiger charge is 2.14. The monoisotopic (exact) mass is 523 g/mol. The number of carbonyl (C=O) groups excluding carboxylic acids is 1. The number of sulfone groups is 1. The van der Waals surface area contributed by atoms with Crippen molar-refractivity contribution in [3.05, 3.63) is 107 Å². The SMILES string of the molecule is CCS(=O)(=O)c1ccc(CC(=O)Nc2ccc(-c3cccc(Cl)c3)c(Oc3cccc(F)c3)c2)cc1. The summed E-state index contributed by atoms with van der Waals surface area (Å²) in [5.41, 5.74) is 2.68. The molecule has 0 atom stereocenters. The molecule has 1 N–H and O–H groups in total. The van der Waals surface area contributed by atoms with Gasteiger partial charge in [0.25, 0.3) is 0 Å². The molecule has 0 spiro atoms. The van der Waals surface area contributed by atoms with Gasteiger partial charge in [0.2, 0.25) is 5.91 Å². The van der Waals surface area contributed by atoms with Crippen LogP contribution in [0.1, 0.15) is 12.5 Å². The molecule has 0 heterocycles. The zero-order chi connectivity index (χ0) is 25.7. The fraction of sp³-hybridized carbons (Fsp3) is 0.107. The van der Waals surface area contributed by atoms with Crippen LogP contribution in [0, 0.1) is 5.82 Å². The number of nitrogens with one attached hydrogen (secondary N) is 1. The molecule has 0 radical (unpaired) electrons. The van der Waals surface area contributed by atoms with Crippen molar-refractivity contribution >= 4 is 33.0 Å². The lowest BCUT2D eigenvalue weighted by molar-refractivity contribution is -0.115. The van der Waals surface area contributed by atoms with Crippen molar-refractivity contribution < 1.29 is 22.3 Å². The average Bonchev–Trinajstić information content (AvgIpc) is 2.84. The van der Waals surface area contributed by atoms with E-state index in [-0.39, 0.29) is 23.0 Å².